The molecule has 1 amide bonds. The lowest BCUT2D eigenvalue weighted by Gasteiger charge is -2.47. The van der Waals surface area contributed by atoms with Gasteiger partial charge in [-0.05, 0) is 90.6 Å². The van der Waals surface area contributed by atoms with Crippen LogP contribution in [0.3, 0.4) is 0 Å². The van der Waals surface area contributed by atoms with Gasteiger partial charge < -0.3 is 49.4 Å². The van der Waals surface area contributed by atoms with Crippen molar-refractivity contribution in [2.75, 3.05) is 33.0 Å². The number of fused-ring (bicyclic) bond motifs is 5. The number of Topliss-reactive ketones (excluding diaryl/α,β-unsaturated/α-hetero) is 1. The number of aliphatic hydroxyl groups is 2. The van der Waals surface area contributed by atoms with Crippen molar-refractivity contribution in [2.45, 2.75) is 154 Å². The number of carbonyl (C=O) groups excluding carboxylic acids is 3. The number of hydrogen-bond donors (Lipinski definition) is 3. The number of alkyl halides is 1. The lowest BCUT2D eigenvalue weighted by Crippen LogP contribution is -2.61. The number of amides is 1. The van der Waals surface area contributed by atoms with Crippen molar-refractivity contribution in [1.82, 2.24) is 19.2 Å². The maximum Gasteiger partial charge on any atom is 0.351 e. The standard InChI is InChI=1S/C43H64FN7O11S/c1-12-30-43(9,56)36-24(5)32(47-31(52)13-2)22(3)17-41(7,58-20-28(19-57-36)49-59-21-27-15-14-26(18-46-27)37-48-40(45)50-63-37)35(25(6)34(54)42(8,44)39(55)61-30)62-38-33(53)29(51(10)11)16-23(4)60-38/h14-15,18,22-25,29-30,33,35-36,38,53,56H,12-13,16-17,19-21H2,1-11H3,(H2,45,50)/b47-32?,49-28+/t22-,23-,24+,25+,29+,30-,33-,35-,36+,38+,41-,42+,43-/m1/s1. The number of rotatable bonds is 9. The number of nitrogens with zero attached hydrogens (tertiary/aromatic N) is 6. The third kappa shape index (κ3) is 11.3. The van der Waals surface area contributed by atoms with Crippen LogP contribution >= 0.6 is 11.5 Å². The van der Waals surface area contributed by atoms with Crippen LogP contribution in [0.2, 0.25) is 0 Å². The first-order chi connectivity index (χ1) is 29.5. The van der Waals surface area contributed by atoms with E-state index in [2.05, 4.69) is 24.5 Å². The van der Waals surface area contributed by atoms with Gasteiger partial charge in [0, 0.05) is 41.8 Å². The fraction of sp³-hybridized carbons (Fsp3) is 0.721. The van der Waals surface area contributed by atoms with Crippen molar-refractivity contribution in [3.63, 3.8) is 0 Å². The largest absolute Gasteiger partial charge is 0.457 e. The van der Waals surface area contributed by atoms with E-state index in [1.165, 1.54) is 13.8 Å². The van der Waals surface area contributed by atoms with Crippen LogP contribution in [0.4, 0.5) is 10.3 Å². The van der Waals surface area contributed by atoms with Crippen LogP contribution in [0.15, 0.2) is 28.5 Å². The lowest BCUT2D eigenvalue weighted by atomic mass is 9.73. The molecule has 0 spiro atoms. The summed E-state index contributed by atoms with van der Waals surface area (Å²) in [5, 5.41) is 29.1. The molecule has 2 aromatic heterocycles. The van der Waals surface area contributed by atoms with Crippen LogP contribution in [0.25, 0.3) is 10.6 Å². The molecule has 350 valence electrons. The maximum atomic E-state index is 16.9. The normalized spacial score (nSPS) is 37.6. The summed E-state index contributed by atoms with van der Waals surface area (Å²) in [6.45, 7) is 13.3. The summed E-state index contributed by atoms with van der Waals surface area (Å²) in [7, 11) is 3.63. The van der Waals surface area contributed by atoms with E-state index in [9.17, 15) is 24.6 Å². The molecule has 3 fully saturated rings. The van der Waals surface area contributed by atoms with Gasteiger partial charge in [0.1, 0.15) is 28.5 Å². The zero-order valence-corrected chi connectivity index (χ0v) is 38.9. The van der Waals surface area contributed by atoms with E-state index in [1.54, 1.807) is 46.0 Å². The minimum Gasteiger partial charge on any atom is -0.457 e. The molecule has 0 saturated carbocycles. The highest BCUT2D eigenvalue weighted by Crippen LogP contribution is 2.41. The van der Waals surface area contributed by atoms with Crippen LogP contribution in [-0.4, -0.2) is 146 Å². The van der Waals surface area contributed by atoms with Crippen LogP contribution in [-0.2, 0) is 49.5 Å². The number of pyridine rings is 1. The van der Waals surface area contributed by atoms with Crippen molar-refractivity contribution < 1.29 is 57.5 Å². The Morgan fingerprint density at radius 2 is 1.83 bits per heavy atom. The summed E-state index contributed by atoms with van der Waals surface area (Å²) in [6, 6.07) is 3.12. The molecule has 13 atom stereocenters. The number of aromatic nitrogens is 3. The van der Waals surface area contributed by atoms with Crippen LogP contribution < -0.4 is 5.73 Å². The average Bonchev–Trinajstić information content (AvgIpc) is 3.67. The molecule has 3 aliphatic rings. The SMILES string of the molecule is CCC(=O)N=C1[C@H](C)C[C@@]2(C)OC/C(=N/OCc3ccc(-c4nc(N)ns4)cn3)CO[C@@H]([C@H]1C)[C@](C)(O)[C@@H](CC)OC(=O)[C@@](C)(F)C(=O)[C@H](C)[C@H]2O[C@@H]1O[C@H](C)C[C@H](N(C)C)[C@H]1O. The predicted molar refractivity (Wildman–Crippen MR) is 231 cm³/mol. The number of ketones is 1. The second-order valence-corrected chi connectivity index (χ2v) is 18.5. The number of anilines is 1. The van der Waals surface area contributed by atoms with Crippen molar-refractivity contribution in [3.05, 3.63) is 24.0 Å². The molecule has 3 saturated heterocycles. The molecule has 0 aliphatic carbocycles. The minimum atomic E-state index is -3.23. The maximum absolute atomic E-state index is 16.9. The van der Waals surface area contributed by atoms with Crippen molar-refractivity contribution in [2.24, 2.45) is 27.9 Å². The molecular formula is C43H64FN7O11S. The zero-order chi connectivity index (χ0) is 46.6. The summed E-state index contributed by atoms with van der Waals surface area (Å²) in [5.41, 5.74) is 0.563. The monoisotopic (exact) mass is 905 g/mol. The van der Waals surface area contributed by atoms with E-state index in [0.717, 1.165) is 18.5 Å². The number of hydrogen-bond acceptors (Lipinski definition) is 18. The fourth-order valence-corrected chi connectivity index (χ4v) is 9.41. The Kier molecular flexibility index (Phi) is 16.3. The Morgan fingerprint density at radius 1 is 1.11 bits per heavy atom. The highest BCUT2D eigenvalue weighted by molar-refractivity contribution is 7.09. The van der Waals surface area contributed by atoms with E-state index in [4.69, 9.17) is 34.3 Å². The summed E-state index contributed by atoms with van der Waals surface area (Å²) in [6.07, 6.45) is -4.89. The van der Waals surface area contributed by atoms with Crippen LogP contribution in [0, 0.1) is 17.8 Å². The molecule has 2 bridgehead atoms. The van der Waals surface area contributed by atoms with Crippen LogP contribution in [0.1, 0.15) is 93.7 Å². The molecule has 18 nitrogen and oxygen atoms in total. The molecule has 4 N–H and O–H groups in total. The number of carbonyl (C=O) groups is 3. The predicted octanol–water partition coefficient (Wildman–Crippen LogP) is 4.10. The molecule has 5 rings (SSSR count). The molecule has 0 aromatic carbocycles. The van der Waals surface area contributed by atoms with E-state index in [0.29, 0.717) is 28.4 Å². The number of likely N-dealkylation sites (N-methyl/N-ethyl adjacent to an activating group) is 1. The number of nitrogens with two attached hydrogens (primary N) is 1. The number of halogens is 1. The van der Waals surface area contributed by atoms with Crippen molar-refractivity contribution in [3.8, 4) is 10.6 Å². The first-order valence-corrected chi connectivity index (χ1v) is 22.2. The van der Waals surface area contributed by atoms with Gasteiger partial charge in [-0.1, -0.05) is 39.8 Å². The van der Waals surface area contributed by atoms with Gasteiger partial charge in [-0.15, -0.1) is 0 Å². The number of cyclic esters (lactones) is 1. The molecule has 20 heteroatoms. The molecule has 63 heavy (non-hydrogen) atoms. The number of aliphatic imine (C=N–C) groups is 1. The zero-order valence-electron chi connectivity index (χ0n) is 38.1. The van der Waals surface area contributed by atoms with Gasteiger partial charge in [0.05, 0.1) is 42.8 Å². The quantitative estimate of drug-likeness (QED) is 0.182. The third-order valence-corrected chi connectivity index (χ3v) is 13.1. The second-order valence-electron chi connectivity index (χ2n) is 17.8. The highest BCUT2D eigenvalue weighted by atomic mass is 32.1. The molecule has 3 aliphatic heterocycles. The van der Waals surface area contributed by atoms with E-state index >= 15 is 4.39 Å². The van der Waals surface area contributed by atoms with Crippen LogP contribution in [0.5, 0.6) is 0 Å². The van der Waals surface area contributed by atoms with Gasteiger partial charge in [-0.2, -0.15) is 9.36 Å². The van der Waals surface area contributed by atoms with Gasteiger partial charge in [-0.3, -0.25) is 14.6 Å². The second kappa shape index (κ2) is 20.5. The van der Waals surface area contributed by atoms with Crippen molar-refractivity contribution in [1.29, 1.82) is 0 Å². The van der Waals surface area contributed by atoms with E-state index in [-0.39, 0.29) is 50.7 Å². The Labute approximate surface area is 372 Å². The van der Waals surface area contributed by atoms with Gasteiger partial charge in [-0.25, -0.2) is 14.2 Å². The Hall–Kier alpha value is -3.89. The summed E-state index contributed by atoms with van der Waals surface area (Å²) < 4.78 is 52.9. The molecule has 2 aromatic rings. The summed E-state index contributed by atoms with van der Waals surface area (Å²) in [5.74, 6) is -5.90. The number of aliphatic hydroxyl groups excluding tert-OH is 1. The fourth-order valence-electron chi connectivity index (χ4n) is 8.83. The highest BCUT2D eigenvalue weighted by Gasteiger charge is 2.56. The average molecular weight is 906 g/mol. The molecule has 0 unspecified atom stereocenters. The van der Waals surface area contributed by atoms with E-state index in [1.807, 2.05) is 32.8 Å². The van der Waals surface area contributed by atoms with Gasteiger partial charge in [0.15, 0.2) is 18.7 Å². The number of oxime groups is 1. The van der Waals surface area contributed by atoms with Gasteiger partial charge in [0.25, 0.3) is 5.67 Å². The van der Waals surface area contributed by atoms with Gasteiger partial charge in [0.2, 0.25) is 11.9 Å². The number of nitrogen functional groups attached to an aromatic ring is 1. The Bertz CT molecular complexity index is 1980. The van der Waals surface area contributed by atoms with E-state index < -0.39 is 95.1 Å². The minimum absolute atomic E-state index is 0.00484. The summed E-state index contributed by atoms with van der Waals surface area (Å²) >= 11 is 1.14. The summed E-state index contributed by atoms with van der Waals surface area (Å²) in [4.78, 5) is 62.4. The first kappa shape index (κ1) is 50.1. The lowest BCUT2D eigenvalue weighted by molar-refractivity contribution is -0.296. The van der Waals surface area contributed by atoms with Gasteiger partial charge >= 0.3 is 5.97 Å². The van der Waals surface area contributed by atoms with Crippen molar-refractivity contribution >= 4 is 46.6 Å². The topological polar surface area (TPSA) is 240 Å². The number of ether oxygens (including phenoxy) is 5. The smallest absolute Gasteiger partial charge is 0.351 e. The molecular weight excluding hydrogens is 842 g/mol. The Morgan fingerprint density at radius 3 is 2.43 bits per heavy atom. The molecule has 0 radical (unpaired) electrons. The third-order valence-electron chi connectivity index (χ3n) is 12.3. The molecule has 5 heterocycles. The Balaban J connectivity index is 1.66. The first-order valence-electron chi connectivity index (χ1n) is 21.4. The number of esters is 1.